The molecule has 0 spiro atoms. The van der Waals surface area contributed by atoms with Crippen LogP contribution in [0.25, 0.3) is 0 Å². The third-order valence-electron chi connectivity index (χ3n) is 3.60. The molecule has 2 N–H and O–H groups in total. The van der Waals surface area contributed by atoms with E-state index >= 15 is 0 Å². The van der Waals surface area contributed by atoms with E-state index in [4.69, 9.17) is 5.73 Å². The highest BCUT2D eigenvalue weighted by atomic mass is 15.2. The third-order valence-corrected chi connectivity index (χ3v) is 3.60. The summed E-state index contributed by atoms with van der Waals surface area (Å²) in [7, 11) is 4.32. The largest absolute Gasteiger partial charge is 0.357 e. The summed E-state index contributed by atoms with van der Waals surface area (Å²) in [5, 5.41) is 0. The molecule has 0 radical (unpaired) electrons. The molecular weight excluding hydrogens is 212 g/mol. The Balaban J connectivity index is 2.05. The first-order valence-corrected chi connectivity index (χ1v) is 6.28. The molecule has 0 bridgehead atoms. The fraction of sp³-hybridized carbons (Fsp3) is 0.615. The minimum atomic E-state index is 0.509. The van der Waals surface area contributed by atoms with Crippen molar-refractivity contribution in [3.8, 4) is 0 Å². The lowest BCUT2D eigenvalue weighted by atomic mass is 10.0. The van der Waals surface area contributed by atoms with Crippen LogP contribution in [0.15, 0.2) is 18.2 Å². The number of anilines is 1. The highest BCUT2D eigenvalue weighted by Crippen LogP contribution is 2.19. The molecule has 0 saturated carbocycles. The van der Waals surface area contributed by atoms with Gasteiger partial charge in [-0.15, -0.1) is 0 Å². The van der Waals surface area contributed by atoms with Crippen LogP contribution in [0.3, 0.4) is 0 Å². The number of pyridine rings is 1. The van der Waals surface area contributed by atoms with Crippen molar-refractivity contribution in [3.05, 3.63) is 23.9 Å². The van der Waals surface area contributed by atoms with Crippen LogP contribution in [0.4, 0.5) is 5.82 Å². The van der Waals surface area contributed by atoms with E-state index in [0.717, 1.165) is 11.5 Å². The van der Waals surface area contributed by atoms with Gasteiger partial charge >= 0.3 is 0 Å². The lowest BCUT2D eigenvalue weighted by Gasteiger charge is -2.35. The molecule has 1 saturated heterocycles. The van der Waals surface area contributed by atoms with Crippen molar-refractivity contribution in [2.24, 2.45) is 5.73 Å². The van der Waals surface area contributed by atoms with Gasteiger partial charge in [-0.3, -0.25) is 0 Å². The fourth-order valence-corrected chi connectivity index (χ4v) is 2.35. The van der Waals surface area contributed by atoms with E-state index in [0.29, 0.717) is 12.6 Å². The molecule has 94 valence electrons. The number of nitrogens with two attached hydrogens (primary N) is 1. The SMILES string of the molecule is CN1CCC(N(C)c2cccc(CN)n2)CC1. The summed E-state index contributed by atoms with van der Waals surface area (Å²) in [4.78, 5) is 9.25. The highest BCUT2D eigenvalue weighted by Gasteiger charge is 2.21. The molecule has 0 aromatic carbocycles. The average Bonchev–Trinajstić information content (AvgIpc) is 2.39. The molecule has 2 rings (SSSR count). The van der Waals surface area contributed by atoms with Gasteiger partial charge in [-0.1, -0.05) is 6.07 Å². The van der Waals surface area contributed by atoms with Crippen LogP contribution in [0, 0.1) is 0 Å². The van der Waals surface area contributed by atoms with Gasteiger partial charge in [0.25, 0.3) is 0 Å². The highest BCUT2D eigenvalue weighted by molar-refractivity contribution is 5.39. The predicted molar refractivity (Wildman–Crippen MR) is 71.1 cm³/mol. The summed E-state index contributed by atoms with van der Waals surface area (Å²) < 4.78 is 0. The standard InChI is InChI=1S/C13H22N4/c1-16-8-6-12(7-9-16)17(2)13-5-3-4-11(10-14)15-13/h3-5,12H,6-10,14H2,1-2H3. The van der Waals surface area contributed by atoms with E-state index in [1.165, 1.54) is 25.9 Å². The maximum absolute atomic E-state index is 5.63. The monoisotopic (exact) mass is 234 g/mol. The summed E-state index contributed by atoms with van der Waals surface area (Å²) in [5.41, 5.74) is 6.59. The Morgan fingerprint density at radius 2 is 2.12 bits per heavy atom. The van der Waals surface area contributed by atoms with Crippen molar-refractivity contribution < 1.29 is 0 Å². The molecular formula is C13H22N4. The van der Waals surface area contributed by atoms with Crippen LogP contribution in [0.1, 0.15) is 18.5 Å². The Morgan fingerprint density at radius 3 is 2.76 bits per heavy atom. The molecule has 1 aromatic heterocycles. The van der Waals surface area contributed by atoms with Crippen molar-refractivity contribution in [1.29, 1.82) is 0 Å². The molecule has 0 unspecified atom stereocenters. The van der Waals surface area contributed by atoms with Gasteiger partial charge in [0.15, 0.2) is 0 Å². The summed E-state index contributed by atoms with van der Waals surface area (Å²) in [6, 6.07) is 6.69. The number of aromatic nitrogens is 1. The first kappa shape index (κ1) is 12.3. The molecule has 0 aliphatic carbocycles. The second kappa shape index (κ2) is 5.47. The zero-order valence-electron chi connectivity index (χ0n) is 10.8. The number of rotatable bonds is 3. The Labute approximate surface area is 103 Å². The fourth-order valence-electron chi connectivity index (χ4n) is 2.35. The third kappa shape index (κ3) is 2.96. The number of likely N-dealkylation sites (tertiary alicyclic amines) is 1. The molecule has 1 aliphatic rings. The van der Waals surface area contributed by atoms with Gasteiger partial charge in [0.1, 0.15) is 5.82 Å². The Bertz CT molecular complexity index is 358. The molecule has 0 atom stereocenters. The minimum Gasteiger partial charge on any atom is -0.357 e. The van der Waals surface area contributed by atoms with Gasteiger partial charge in [-0.2, -0.15) is 0 Å². The lowest BCUT2D eigenvalue weighted by Crippen LogP contribution is -2.42. The molecule has 2 heterocycles. The van der Waals surface area contributed by atoms with Crippen LogP contribution in [0.2, 0.25) is 0 Å². The van der Waals surface area contributed by atoms with Crippen molar-refractivity contribution in [3.63, 3.8) is 0 Å². The maximum Gasteiger partial charge on any atom is 0.128 e. The van der Waals surface area contributed by atoms with Gasteiger partial charge in [0, 0.05) is 19.6 Å². The molecule has 4 heteroatoms. The van der Waals surface area contributed by atoms with E-state index in [1.807, 2.05) is 12.1 Å². The zero-order chi connectivity index (χ0) is 12.3. The van der Waals surface area contributed by atoms with Crippen LogP contribution in [0.5, 0.6) is 0 Å². The van der Waals surface area contributed by atoms with Gasteiger partial charge in [-0.05, 0) is 45.1 Å². The van der Waals surface area contributed by atoms with E-state index in [1.54, 1.807) is 0 Å². The van der Waals surface area contributed by atoms with Crippen LogP contribution in [-0.4, -0.2) is 43.1 Å². The first-order chi connectivity index (χ1) is 8.20. The van der Waals surface area contributed by atoms with Gasteiger partial charge < -0.3 is 15.5 Å². The van der Waals surface area contributed by atoms with Crippen LogP contribution < -0.4 is 10.6 Å². The van der Waals surface area contributed by atoms with E-state index in [2.05, 4.69) is 34.9 Å². The number of nitrogens with zero attached hydrogens (tertiary/aromatic N) is 3. The summed E-state index contributed by atoms with van der Waals surface area (Å²) in [6.45, 7) is 2.85. The average molecular weight is 234 g/mol. The number of hydrogen-bond acceptors (Lipinski definition) is 4. The maximum atomic E-state index is 5.63. The summed E-state index contributed by atoms with van der Waals surface area (Å²) in [5.74, 6) is 1.04. The van der Waals surface area contributed by atoms with E-state index in [9.17, 15) is 0 Å². The minimum absolute atomic E-state index is 0.509. The van der Waals surface area contributed by atoms with E-state index in [-0.39, 0.29) is 0 Å². The van der Waals surface area contributed by atoms with E-state index < -0.39 is 0 Å². The quantitative estimate of drug-likeness (QED) is 0.850. The topological polar surface area (TPSA) is 45.4 Å². The predicted octanol–water partition coefficient (Wildman–Crippen LogP) is 1.07. The molecule has 4 nitrogen and oxygen atoms in total. The zero-order valence-corrected chi connectivity index (χ0v) is 10.8. The second-order valence-electron chi connectivity index (χ2n) is 4.84. The molecule has 17 heavy (non-hydrogen) atoms. The molecule has 0 amide bonds. The number of hydrogen-bond donors (Lipinski definition) is 1. The first-order valence-electron chi connectivity index (χ1n) is 6.28. The Hall–Kier alpha value is -1.13. The Kier molecular flexibility index (Phi) is 3.97. The van der Waals surface area contributed by atoms with Gasteiger partial charge in [0.2, 0.25) is 0 Å². The van der Waals surface area contributed by atoms with Crippen molar-refractivity contribution >= 4 is 5.82 Å². The summed E-state index contributed by atoms with van der Waals surface area (Å²) >= 11 is 0. The van der Waals surface area contributed by atoms with Gasteiger partial charge in [-0.25, -0.2) is 4.98 Å². The summed E-state index contributed by atoms with van der Waals surface area (Å²) in [6.07, 6.45) is 2.42. The van der Waals surface area contributed by atoms with Crippen molar-refractivity contribution in [2.75, 3.05) is 32.1 Å². The second-order valence-corrected chi connectivity index (χ2v) is 4.84. The number of piperidine rings is 1. The molecule has 1 aromatic rings. The van der Waals surface area contributed by atoms with Crippen molar-refractivity contribution in [1.82, 2.24) is 9.88 Å². The Morgan fingerprint density at radius 1 is 1.41 bits per heavy atom. The van der Waals surface area contributed by atoms with Crippen LogP contribution in [-0.2, 0) is 6.54 Å². The van der Waals surface area contributed by atoms with Crippen molar-refractivity contribution in [2.45, 2.75) is 25.4 Å². The lowest BCUT2D eigenvalue weighted by molar-refractivity contribution is 0.252. The molecule has 1 aliphatic heterocycles. The normalized spacial score (nSPS) is 18.3. The smallest absolute Gasteiger partial charge is 0.128 e. The molecule has 1 fully saturated rings. The van der Waals surface area contributed by atoms with Crippen LogP contribution >= 0.6 is 0 Å². The van der Waals surface area contributed by atoms with Gasteiger partial charge in [0.05, 0.1) is 5.69 Å².